The fraction of sp³-hybridized carbons (Fsp3) is 0.531. The van der Waals surface area contributed by atoms with Crippen molar-refractivity contribution in [3.63, 3.8) is 0 Å². The van der Waals surface area contributed by atoms with Gasteiger partial charge in [0, 0.05) is 11.8 Å². The average Bonchev–Trinajstić information content (AvgIpc) is 3.73. The van der Waals surface area contributed by atoms with Crippen LogP contribution in [-0.4, -0.2) is 89.7 Å². The fourth-order valence-corrected chi connectivity index (χ4v) is 6.26. The fourth-order valence-electron chi connectivity index (χ4n) is 4.58. The first-order valence-corrected chi connectivity index (χ1v) is 17.7. The first-order valence-electron chi connectivity index (χ1n) is 15.7. The van der Waals surface area contributed by atoms with Gasteiger partial charge in [0.2, 0.25) is 35.4 Å². The molecule has 2 heterocycles. The maximum atomic E-state index is 13.3. The van der Waals surface area contributed by atoms with Crippen LogP contribution in [0.25, 0.3) is 10.4 Å². The van der Waals surface area contributed by atoms with Gasteiger partial charge in [-0.2, -0.15) is 0 Å². The van der Waals surface area contributed by atoms with Gasteiger partial charge in [-0.25, -0.2) is 4.98 Å². The van der Waals surface area contributed by atoms with Crippen LogP contribution in [0.3, 0.4) is 0 Å². The number of thiazole rings is 1. The molecule has 6 amide bonds. The van der Waals surface area contributed by atoms with Crippen LogP contribution in [0.2, 0.25) is 0 Å². The number of thioether (sulfide) groups is 1. The number of rotatable bonds is 16. The second-order valence-electron chi connectivity index (χ2n) is 12.7. The summed E-state index contributed by atoms with van der Waals surface area (Å²) in [6.07, 6.45) is 1.49. The number of aromatic nitrogens is 1. The molecule has 4 atom stereocenters. The summed E-state index contributed by atoms with van der Waals surface area (Å²) in [5.74, 6) is -3.10. The predicted molar refractivity (Wildman–Crippen MR) is 186 cm³/mol. The highest BCUT2D eigenvalue weighted by atomic mass is 32.2. The van der Waals surface area contributed by atoms with Crippen molar-refractivity contribution in [1.82, 2.24) is 36.9 Å². The number of hydrogen-bond donors (Lipinski definition) is 7. The maximum absolute atomic E-state index is 13.3. The van der Waals surface area contributed by atoms with Crippen LogP contribution >= 0.6 is 23.1 Å². The van der Waals surface area contributed by atoms with Crippen molar-refractivity contribution in [3.8, 4) is 10.4 Å². The SMILES string of the molecule is Cc1ncsc1-c1ccc([C@H](NC(=O)[C@@H]2CCCN2)C(=O)NCC(=O)NCC(=O)N[C@H](CSCC(=O)NC(C)C(C)(C)C)C(N)=O)cc1. The predicted octanol–water partition coefficient (Wildman–Crippen LogP) is 0.514. The van der Waals surface area contributed by atoms with Crippen molar-refractivity contribution >= 4 is 58.5 Å². The minimum absolute atomic E-state index is 0.0602. The number of carbonyl (C=O) groups is 6. The molecule has 48 heavy (non-hydrogen) atoms. The summed E-state index contributed by atoms with van der Waals surface area (Å²) >= 11 is 2.64. The molecule has 1 fully saturated rings. The molecule has 8 N–H and O–H groups in total. The van der Waals surface area contributed by atoms with Gasteiger partial charge in [0.15, 0.2) is 0 Å². The van der Waals surface area contributed by atoms with Crippen molar-refractivity contribution in [2.24, 2.45) is 11.1 Å². The molecule has 1 saturated heterocycles. The van der Waals surface area contributed by atoms with E-state index in [9.17, 15) is 28.8 Å². The van der Waals surface area contributed by atoms with E-state index in [1.165, 1.54) is 11.3 Å². The molecule has 2 aromatic rings. The van der Waals surface area contributed by atoms with E-state index in [1.54, 1.807) is 17.6 Å². The van der Waals surface area contributed by atoms with Crippen molar-refractivity contribution in [2.75, 3.05) is 31.1 Å². The highest BCUT2D eigenvalue weighted by molar-refractivity contribution is 8.00. The molecular formula is C32H46N8O6S2. The van der Waals surface area contributed by atoms with Crippen molar-refractivity contribution in [3.05, 3.63) is 41.0 Å². The van der Waals surface area contributed by atoms with E-state index in [4.69, 9.17) is 5.73 Å². The van der Waals surface area contributed by atoms with Gasteiger partial charge in [-0.05, 0) is 49.8 Å². The molecule has 0 bridgehead atoms. The van der Waals surface area contributed by atoms with Crippen molar-refractivity contribution in [2.45, 2.75) is 71.6 Å². The first kappa shape index (κ1) is 38.4. The molecule has 1 aromatic carbocycles. The number of carbonyl (C=O) groups excluding carboxylic acids is 6. The number of amides is 6. The van der Waals surface area contributed by atoms with Crippen LogP contribution in [-0.2, 0) is 28.8 Å². The van der Waals surface area contributed by atoms with Crippen LogP contribution in [0.1, 0.15) is 57.8 Å². The molecule has 1 aliphatic rings. The number of nitrogens with zero attached hydrogens (tertiary/aromatic N) is 1. The van der Waals surface area contributed by atoms with Gasteiger partial charge in [0.25, 0.3) is 0 Å². The van der Waals surface area contributed by atoms with Gasteiger partial charge in [-0.1, -0.05) is 45.0 Å². The van der Waals surface area contributed by atoms with E-state index in [-0.39, 0.29) is 34.8 Å². The normalized spacial score (nSPS) is 16.2. The molecule has 1 unspecified atom stereocenters. The molecule has 3 rings (SSSR count). The van der Waals surface area contributed by atoms with Gasteiger partial charge < -0.3 is 37.6 Å². The number of hydrogen-bond acceptors (Lipinski definition) is 10. The largest absolute Gasteiger partial charge is 0.368 e. The van der Waals surface area contributed by atoms with E-state index in [0.717, 1.165) is 34.3 Å². The van der Waals surface area contributed by atoms with Crippen LogP contribution in [0.15, 0.2) is 29.8 Å². The first-order chi connectivity index (χ1) is 22.6. The Balaban J connectivity index is 1.50. The van der Waals surface area contributed by atoms with Gasteiger partial charge in [-0.15, -0.1) is 23.1 Å². The van der Waals surface area contributed by atoms with Gasteiger partial charge in [0.05, 0.1) is 41.0 Å². The Morgan fingerprint density at radius 3 is 2.27 bits per heavy atom. The Morgan fingerprint density at radius 1 is 1.00 bits per heavy atom. The topological polar surface area (TPSA) is 214 Å². The number of aryl methyl sites for hydroxylation is 1. The lowest BCUT2D eigenvalue weighted by Crippen LogP contribution is -2.51. The second kappa shape index (κ2) is 17.9. The Kier molecular flexibility index (Phi) is 14.4. The van der Waals surface area contributed by atoms with E-state index >= 15 is 0 Å². The lowest BCUT2D eigenvalue weighted by atomic mass is 9.88. The minimum Gasteiger partial charge on any atom is -0.368 e. The third kappa shape index (κ3) is 11.9. The summed E-state index contributed by atoms with van der Waals surface area (Å²) in [5.41, 5.74) is 9.41. The second-order valence-corrected chi connectivity index (χ2v) is 14.6. The zero-order valence-corrected chi connectivity index (χ0v) is 29.6. The lowest BCUT2D eigenvalue weighted by molar-refractivity contribution is -0.131. The van der Waals surface area contributed by atoms with Gasteiger partial charge in [-0.3, -0.25) is 28.8 Å². The summed E-state index contributed by atoms with van der Waals surface area (Å²) in [5, 5.41) is 16.2. The Labute approximate surface area is 288 Å². The standard InChI is InChI=1S/C32H46N8O6S2/c1-18-28(48-17-37-18)21-10-8-20(9-11-21)27(40-30(45)22-7-6-12-34-22)31(46)36-13-24(41)35-14-25(42)39-23(29(33)44)15-47-16-26(43)38-19(2)32(3,4)5/h8-11,17,19,22-23,27,34H,6-7,12-16H2,1-5H3,(H2,33,44)(H,35,41)(H,36,46)(H,38,43)(H,39,42)(H,40,45)/t19?,22-,23+,27-/m0/s1. The Morgan fingerprint density at radius 2 is 1.69 bits per heavy atom. The highest BCUT2D eigenvalue weighted by Gasteiger charge is 2.29. The molecule has 1 aliphatic heterocycles. The van der Waals surface area contributed by atoms with Crippen LogP contribution < -0.4 is 37.6 Å². The molecule has 0 saturated carbocycles. The Hall–Kier alpha value is -4.02. The molecular weight excluding hydrogens is 657 g/mol. The maximum Gasteiger partial charge on any atom is 0.247 e. The zero-order chi connectivity index (χ0) is 35.4. The number of nitrogens with two attached hydrogens (primary N) is 1. The summed E-state index contributed by atoms with van der Waals surface area (Å²) in [6, 6.07) is 4.59. The third-order valence-electron chi connectivity index (χ3n) is 7.92. The molecule has 262 valence electrons. The Bertz CT molecular complexity index is 1450. The zero-order valence-electron chi connectivity index (χ0n) is 27.9. The number of benzene rings is 1. The van der Waals surface area contributed by atoms with Crippen LogP contribution in [0.4, 0.5) is 0 Å². The van der Waals surface area contributed by atoms with E-state index in [0.29, 0.717) is 18.5 Å². The van der Waals surface area contributed by atoms with Crippen LogP contribution in [0.5, 0.6) is 0 Å². The molecule has 16 heteroatoms. The smallest absolute Gasteiger partial charge is 0.247 e. The van der Waals surface area contributed by atoms with E-state index < -0.39 is 54.8 Å². The molecule has 0 radical (unpaired) electrons. The van der Waals surface area contributed by atoms with Crippen molar-refractivity contribution in [1.29, 1.82) is 0 Å². The molecule has 1 aromatic heterocycles. The van der Waals surface area contributed by atoms with E-state index in [2.05, 4.69) is 36.9 Å². The average molecular weight is 703 g/mol. The van der Waals surface area contributed by atoms with Crippen molar-refractivity contribution < 1.29 is 28.8 Å². The molecule has 14 nitrogen and oxygen atoms in total. The summed E-state index contributed by atoms with van der Waals surface area (Å²) in [6.45, 7) is 9.61. The monoisotopic (exact) mass is 702 g/mol. The molecule has 0 spiro atoms. The summed E-state index contributed by atoms with van der Waals surface area (Å²) in [4.78, 5) is 80.6. The minimum atomic E-state index is -1.07. The highest BCUT2D eigenvalue weighted by Crippen LogP contribution is 2.28. The quantitative estimate of drug-likeness (QED) is 0.130. The summed E-state index contributed by atoms with van der Waals surface area (Å²) in [7, 11) is 0. The number of nitrogens with one attached hydrogen (secondary N) is 6. The van der Waals surface area contributed by atoms with E-state index in [1.807, 2.05) is 46.8 Å². The summed E-state index contributed by atoms with van der Waals surface area (Å²) < 4.78 is 0. The third-order valence-corrected chi connectivity index (χ3v) is 9.93. The van der Waals surface area contributed by atoms with Crippen LogP contribution in [0, 0.1) is 12.3 Å². The number of primary amides is 1. The molecule has 0 aliphatic carbocycles. The lowest BCUT2D eigenvalue weighted by Gasteiger charge is -2.28. The van der Waals surface area contributed by atoms with Gasteiger partial charge >= 0.3 is 0 Å². The van der Waals surface area contributed by atoms with Gasteiger partial charge in [0.1, 0.15) is 12.1 Å².